The molecule has 0 bridgehead atoms. The van der Waals surface area contributed by atoms with Crippen molar-refractivity contribution in [2.75, 3.05) is 12.4 Å². The Morgan fingerprint density at radius 1 is 1.02 bits per heavy atom. The van der Waals surface area contributed by atoms with Crippen LogP contribution in [0.3, 0.4) is 0 Å². The second-order valence-corrected chi connectivity index (χ2v) is 8.89. The molecule has 0 aliphatic heterocycles. The van der Waals surface area contributed by atoms with Gasteiger partial charge in [-0.05, 0) is 47.5 Å². The van der Waals surface area contributed by atoms with Crippen LogP contribution in [-0.2, 0) is 19.3 Å². The Balaban J connectivity index is 1.51. The third-order valence-electron chi connectivity index (χ3n) is 6.23. The molecule has 0 atom stereocenters. The van der Waals surface area contributed by atoms with Crippen molar-refractivity contribution >= 4 is 11.6 Å². The lowest BCUT2D eigenvalue weighted by Gasteiger charge is -2.15. The molecule has 0 unspecified atom stereocenters. The Hall–Kier alpha value is -4.90. The predicted molar refractivity (Wildman–Crippen MR) is 142 cm³/mol. The number of imidazole rings is 1. The third-order valence-corrected chi connectivity index (χ3v) is 6.23. The van der Waals surface area contributed by atoms with E-state index in [9.17, 15) is 23.1 Å². The van der Waals surface area contributed by atoms with Gasteiger partial charge >= 0.3 is 6.18 Å². The average Bonchev–Trinajstić information content (AvgIpc) is 3.62. The Morgan fingerprint density at radius 2 is 1.77 bits per heavy atom. The molecule has 0 aliphatic rings. The number of alkyl halides is 3. The highest BCUT2D eigenvalue weighted by Crippen LogP contribution is 2.34. The number of nitrogens with one attached hydrogen (secondary N) is 1. The molecule has 2 N–H and O–H groups in total. The minimum Gasteiger partial charge on any atom is -0.497 e. The van der Waals surface area contributed by atoms with Crippen molar-refractivity contribution in [3.8, 4) is 22.8 Å². The van der Waals surface area contributed by atoms with Gasteiger partial charge in [-0.15, -0.1) is 0 Å². The number of methoxy groups -OCH3 is 1. The average molecular weight is 548 g/mol. The monoisotopic (exact) mass is 547 g/mol. The molecule has 11 heteroatoms. The lowest BCUT2D eigenvalue weighted by Crippen LogP contribution is -2.18. The van der Waals surface area contributed by atoms with Gasteiger partial charge in [0.2, 0.25) is 0 Å². The SMILES string of the molecule is COc1ccc(-n2cc(C(=O)Nc3ccc(CO)cc3-c3nccn3Cc3ccccc3)c(C(F)(F)F)n2)cc1. The van der Waals surface area contributed by atoms with Gasteiger partial charge in [-0.2, -0.15) is 18.3 Å². The van der Waals surface area contributed by atoms with Crippen LogP contribution in [0.15, 0.2) is 91.4 Å². The number of carbonyl (C=O) groups is 1. The molecule has 2 aromatic heterocycles. The molecule has 0 radical (unpaired) electrons. The number of anilines is 1. The minimum atomic E-state index is -4.88. The Labute approximate surface area is 227 Å². The number of nitrogens with zero attached hydrogens (tertiary/aromatic N) is 4. The minimum absolute atomic E-state index is 0.230. The summed E-state index contributed by atoms with van der Waals surface area (Å²) in [6.07, 6.45) is -0.478. The number of hydrogen-bond donors (Lipinski definition) is 2. The van der Waals surface area contributed by atoms with Crippen LogP contribution in [0.2, 0.25) is 0 Å². The van der Waals surface area contributed by atoms with Crippen molar-refractivity contribution in [1.82, 2.24) is 19.3 Å². The number of hydrogen-bond acceptors (Lipinski definition) is 5. The van der Waals surface area contributed by atoms with Gasteiger partial charge in [0.15, 0.2) is 5.69 Å². The lowest BCUT2D eigenvalue weighted by atomic mass is 10.1. The fraction of sp³-hybridized carbons (Fsp3) is 0.138. The summed E-state index contributed by atoms with van der Waals surface area (Å²) in [5.74, 6) is 0.0000689. The number of carbonyl (C=O) groups excluding carboxylic acids is 1. The van der Waals surface area contributed by atoms with E-state index >= 15 is 0 Å². The number of rotatable bonds is 8. The van der Waals surface area contributed by atoms with Gasteiger partial charge in [0.05, 0.1) is 30.7 Å². The van der Waals surface area contributed by atoms with Crippen molar-refractivity contribution in [2.24, 2.45) is 0 Å². The van der Waals surface area contributed by atoms with Crippen molar-refractivity contribution in [1.29, 1.82) is 0 Å². The summed E-state index contributed by atoms with van der Waals surface area (Å²) in [5.41, 5.74) is 0.580. The van der Waals surface area contributed by atoms with Gasteiger partial charge in [0.1, 0.15) is 11.6 Å². The van der Waals surface area contributed by atoms with Gasteiger partial charge in [-0.1, -0.05) is 36.4 Å². The lowest BCUT2D eigenvalue weighted by molar-refractivity contribution is -0.141. The zero-order valence-corrected chi connectivity index (χ0v) is 21.3. The molecular formula is C29H24F3N5O3. The van der Waals surface area contributed by atoms with E-state index in [-0.39, 0.29) is 12.3 Å². The largest absolute Gasteiger partial charge is 0.497 e. The van der Waals surface area contributed by atoms with E-state index in [1.165, 1.54) is 25.3 Å². The quantitative estimate of drug-likeness (QED) is 0.266. The number of amides is 1. The Bertz CT molecular complexity index is 1630. The molecule has 0 spiro atoms. The normalized spacial score (nSPS) is 11.4. The fourth-order valence-electron chi connectivity index (χ4n) is 4.25. The third kappa shape index (κ3) is 5.59. The number of ether oxygens (including phenoxy) is 1. The molecule has 8 nitrogen and oxygen atoms in total. The Kier molecular flexibility index (Phi) is 7.39. The zero-order valence-electron chi connectivity index (χ0n) is 21.3. The molecule has 3 aromatic carbocycles. The molecule has 0 aliphatic carbocycles. The van der Waals surface area contributed by atoms with E-state index in [1.54, 1.807) is 36.7 Å². The van der Waals surface area contributed by atoms with Crippen molar-refractivity contribution < 1.29 is 27.8 Å². The second kappa shape index (κ2) is 11.1. The first-order valence-corrected chi connectivity index (χ1v) is 12.2. The summed E-state index contributed by atoms with van der Waals surface area (Å²) in [6, 6.07) is 20.6. The van der Waals surface area contributed by atoms with Crippen molar-refractivity contribution in [3.05, 3.63) is 114 Å². The van der Waals surface area contributed by atoms with Crippen LogP contribution < -0.4 is 10.1 Å². The summed E-state index contributed by atoms with van der Waals surface area (Å²) in [6.45, 7) is 0.202. The maximum Gasteiger partial charge on any atom is 0.435 e. The summed E-state index contributed by atoms with van der Waals surface area (Å²) < 4.78 is 49.8. The molecule has 1 amide bonds. The first-order chi connectivity index (χ1) is 19.3. The van der Waals surface area contributed by atoms with Crippen LogP contribution in [0.5, 0.6) is 5.75 Å². The molecule has 0 saturated heterocycles. The van der Waals surface area contributed by atoms with Crippen LogP contribution in [0.25, 0.3) is 17.1 Å². The molecule has 5 rings (SSSR count). The van der Waals surface area contributed by atoms with Crippen LogP contribution >= 0.6 is 0 Å². The van der Waals surface area contributed by atoms with Crippen molar-refractivity contribution in [3.63, 3.8) is 0 Å². The number of benzene rings is 3. The smallest absolute Gasteiger partial charge is 0.435 e. The second-order valence-electron chi connectivity index (χ2n) is 8.89. The fourth-order valence-corrected chi connectivity index (χ4v) is 4.25. The highest BCUT2D eigenvalue weighted by atomic mass is 19.4. The van der Waals surface area contributed by atoms with Crippen LogP contribution in [-0.4, -0.2) is 37.5 Å². The van der Waals surface area contributed by atoms with Gasteiger partial charge in [0, 0.05) is 30.7 Å². The molecule has 204 valence electrons. The highest BCUT2D eigenvalue weighted by Gasteiger charge is 2.39. The molecule has 5 aromatic rings. The molecule has 40 heavy (non-hydrogen) atoms. The summed E-state index contributed by atoms with van der Waals surface area (Å²) in [4.78, 5) is 17.8. The van der Waals surface area contributed by atoms with Crippen LogP contribution in [0.1, 0.15) is 27.2 Å². The molecule has 2 heterocycles. The van der Waals surface area contributed by atoms with Gasteiger partial charge in [-0.25, -0.2) is 9.67 Å². The number of halogens is 3. The maximum atomic E-state index is 13.9. The predicted octanol–water partition coefficient (Wildman–Crippen LogP) is 5.56. The summed E-state index contributed by atoms with van der Waals surface area (Å²) in [5, 5.41) is 16.0. The van der Waals surface area contributed by atoms with Crippen LogP contribution in [0.4, 0.5) is 18.9 Å². The van der Waals surface area contributed by atoms with Crippen molar-refractivity contribution in [2.45, 2.75) is 19.3 Å². The van der Waals surface area contributed by atoms with E-state index in [4.69, 9.17) is 4.74 Å². The van der Waals surface area contributed by atoms with E-state index in [2.05, 4.69) is 15.4 Å². The number of aliphatic hydroxyl groups is 1. The number of aromatic nitrogens is 4. The molecule has 0 saturated carbocycles. The molecule has 0 fully saturated rings. The maximum absolute atomic E-state index is 13.9. The van der Waals surface area contributed by atoms with Crippen LogP contribution in [0, 0.1) is 0 Å². The number of aliphatic hydroxyl groups excluding tert-OH is 1. The van der Waals surface area contributed by atoms with Gasteiger partial charge < -0.3 is 19.7 Å². The standard InChI is InChI=1S/C29H24F3N5O3/c1-40-22-10-8-21(9-11-22)37-17-24(26(35-37)29(30,31)32)28(39)34-25-12-7-20(18-38)15-23(25)27-33-13-14-36(27)16-19-5-3-2-4-6-19/h2-15,17,38H,16,18H2,1H3,(H,34,39). The summed E-state index contributed by atoms with van der Waals surface area (Å²) >= 11 is 0. The van der Waals surface area contributed by atoms with Gasteiger partial charge in [0.25, 0.3) is 5.91 Å². The van der Waals surface area contributed by atoms with Gasteiger partial charge in [-0.3, -0.25) is 4.79 Å². The zero-order chi connectivity index (χ0) is 28.3. The first kappa shape index (κ1) is 26.7. The Morgan fingerprint density at radius 3 is 2.45 bits per heavy atom. The van der Waals surface area contributed by atoms with E-state index < -0.39 is 23.3 Å². The highest BCUT2D eigenvalue weighted by molar-refractivity contribution is 6.06. The van der Waals surface area contributed by atoms with E-state index in [0.29, 0.717) is 34.9 Å². The topological polar surface area (TPSA) is 94.2 Å². The summed E-state index contributed by atoms with van der Waals surface area (Å²) in [7, 11) is 1.47. The first-order valence-electron chi connectivity index (χ1n) is 12.2. The molecular weight excluding hydrogens is 523 g/mol. The van der Waals surface area contributed by atoms with E-state index in [1.807, 2.05) is 34.9 Å². The van der Waals surface area contributed by atoms with E-state index in [0.717, 1.165) is 16.4 Å².